The molecule has 9 heteroatoms. The summed E-state index contributed by atoms with van der Waals surface area (Å²) in [4.78, 5) is 17.5. The van der Waals surface area contributed by atoms with E-state index in [1.165, 1.54) is 4.67 Å². The maximum Gasteiger partial charge on any atom is 0.458 e. The van der Waals surface area contributed by atoms with Crippen molar-refractivity contribution in [2.45, 2.75) is 0 Å². The fourth-order valence-electron chi connectivity index (χ4n) is 3.77. The summed E-state index contributed by atoms with van der Waals surface area (Å²) in [5, 5.41) is 0.584. The molecule has 3 aromatic rings. The number of fused-ring (bicyclic) bond motifs is 2. The zero-order valence-corrected chi connectivity index (χ0v) is 18.7. The molecule has 164 valence electrons. The number of ether oxygens (including phenoxy) is 1. The molecule has 0 radical (unpaired) electrons. The van der Waals surface area contributed by atoms with E-state index in [2.05, 4.69) is 4.90 Å². The molecule has 1 unspecified atom stereocenters. The molecule has 32 heavy (non-hydrogen) atoms. The van der Waals surface area contributed by atoms with Crippen LogP contribution in [0.3, 0.4) is 0 Å². The zero-order chi connectivity index (χ0) is 22.1. The number of rotatable bonds is 3. The second-order valence-electron chi connectivity index (χ2n) is 7.48. The van der Waals surface area contributed by atoms with E-state index in [0.717, 1.165) is 17.1 Å². The first-order chi connectivity index (χ1) is 15.5. The molecule has 5 rings (SSSR count). The lowest BCUT2D eigenvalue weighted by Crippen LogP contribution is -2.48. The van der Waals surface area contributed by atoms with Crippen LogP contribution in [0.5, 0.6) is 17.2 Å². The van der Waals surface area contributed by atoms with Crippen LogP contribution in [0.4, 0.5) is 5.69 Å². The van der Waals surface area contributed by atoms with Gasteiger partial charge in [-0.3, -0.25) is 0 Å². The van der Waals surface area contributed by atoms with Gasteiger partial charge in [0.15, 0.2) is 5.75 Å². The average molecular weight is 470 g/mol. The Bertz CT molecular complexity index is 1210. The highest BCUT2D eigenvalue weighted by molar-refractivity contribution is 7.50. The number of benzene rings is 3. The third kappa shape index (κ3) is 4.25. The minimum absolute atomic E-state index is 0.345. The number of piperazine rings is 1. The van der Waals surface area contributed by atoms with Crippen molar-refractivity contribution >= 4 is 30.9 Å². The third-order valence-corrected chi connectivity index (χ3v) is 7.17. The third-order valence-electron chi connectivity index (χ3n) is 5.37. The van der Waals surface area contributed by atoms with Gasteiger partial charge in [0.05, 0.1) is 5.56 Å². The summed E-state index contributed by atoms with van der Waals surface area (Å²) in [7, 11) is -3.97. The molecule has 1 atom stereocenters. The lowest BCUT2D eigenvalue weighted by Gasteiger charge is -2.37. The van der Waals surface area contributed by atoms with Crippen LogP contribution in [-0.4, -0.2) is 46.5 Å². The molecule has 1 fully saturated rings. The summed E-state index contributed by atoms with van der Waals surface area (Å²) in [5.41, 5.74) is 1.51. The molecule has 2 heterocycles. The standard InChI is InChI=1S/C23H21ClN3O4P/c24-17-10-11-21-19(16-17)23(25-20-8-4-5-9-22(20)30-21)26-12-14-27(15-13-26)32(28,29)31-18-6-2-1-3-7-18/h1-11,16H,12-15H2,(H,28,29). The van der Waals surface area contributed by atoms with Gasteiger partial charge in [0.2, 0.25) is 0 Å². The summed E-state index contributed by atoms with van der Waals surface area (Å²) < 4.78 is 25.9. The van der Waals surface area contributed by atoms with Gasteiger partial charge >= 0.3 is 7.75 Å². The van der Waals surface area contributed by atoms with E-state index in [0.29, 0.717) is 48.5 Å². The topological polar surface area (TPSA) is 74.6 Å². The Labute approximate surface area is 191 Å². The minimum atomic E-state index is -3.97. The number of hydrogen-bond acceptors (Lipinski definition) is 5. The molecule has 1 N–H and O–H groups in total. The van der Waals surface area contributed by atoms with Crippen LogP contribution >= 0.6 is 19.3 Å². The molecular formula is C23H21ClN3O4P. The monoisotopic (exact) mass is 469 g/mol. The Hall–Kier alpha value is -2.83. The van der Waals surface area contributed by atoms with Crippen LogP contribution in [0, 0.1) is 0 Å². The van der Waals surface area contributed by atoms with E-state index in [4.69, 9.17) is 25.9 Å². The molecular weight excluding hydrogens is 449 g/mol. The highest BCUT2D eigenvalue weighted by Crippen LogP contribution is 2.47. The Morgan fingerprint density at radius 1 is 0.938 bits per heavy atom. The summed E-state index contributed by atoms with van der Waals surface area (Å²) >= 11 is 6.28. The van der Waals surface area contributed by atoms with Gasteiger partial charge in [-0.25, -0.2) is 9.56 Å². The van der Waals surface area contributed by atoms with Crippen LogP contribution in [0.15, 0.2) is 77.8 Å². The van der Waals surface area contributed by atoms with Gasteiger partial charge in [0.25, 0.3) is 0 Å². The van der Waals surface area contributed by atoms with Crippen molar-refractivity contribution in [3.05, 3.63) is 83.4 Å². The maximum atomic E-state index is 12.9. The molecule has 0 amide bonds. The zero-order valence-electron chi connectivity index (χ0n) is 17.1. The quantitative estimate of drug-likeness (QED) is 0.523. The predicted octanol–water partition coefficient (Wildman–Crippen LogP) is 5.32. The molecule has 0 spiro atoms. The molecule has 0 bridgehead atoms. The lowest BCUT2D eigenvalue weighted by atomic mass is 10.1. The fourth-order valence-corrected chi connectivity index (χ4v) is 5.14. The fraction of sp³-hybridized carbons (Fsp3) is 0.174. The largest absolute Gasteiger partial charge is 0.458 e. The van der Waals surface area contributed by atoms with Crippen molar-refractivity contribution in [3.63, 3.8) is 0 Å². The second-order valence-corrected chi connectivity index (χ2v) is 9.65. The number of aliphatic imine (C=N–C) groups is 1. The SMILES string of the molecule is O=P(O)(Oc1ccccc1)N1CCN(C2=Nc3ccccc3Oc3ccc(Cl)cc32)CC1. The van der Waals surface area contributed by atoms with Crippen LogP contribution in [0.1, 0.15) is 5.56 Å². The van der Waals surface area contributed by atoms with Gasteiger partial charge < -0.3 is 19.1 Å². The van der Waals surface area contributed by atoms with Crippen LogP contribution in [0.25, 0.3) is 0 Å². The van der Waals surface area contributed by atoms with Gasteiger partial charge in [-0.2, -0.15) is 4.67 Å². The van der Waals surface area contributed by atoms with Crippen LogP contribution in [0.2, 0.25) is 5.02 Å². The summed E-state index contributed by atoms with van der Waals surface area (Å²) in [6, 6.07) is 21.7. The van der Waals surface area contributed by atoms with E-state index in [-0.39, 0.29) is 0 Å². The van der Waals surface area contributed by atoms with Gasteiger partial charge in [-0.1, -0.05) is 41.9 Å². The van der Waals surface area contributed by atoms with Crippen molar-refractivity contribution in [2.75, 3.05) is 26.2 Å². The Morgan fingerprint density at radius 3 is 2.44 bits per heavy atom. The molecule has 2 aliphatic heterocycles. The van der Waals surface area contributed by atoms with Gasteiger partial charge in [-0.15, -0.1) is 0 Å². The van der Waals surface area contributed by atoms with Crippen LogP contribution < -0.4 is 9.26 Å². The van der Waals surface area contributed by atoms with E-state index >= 15 is 0 Å². The number of amidine groups is 1. The molecule has 7 nitrogen and oxygen atoms in total. The van der Waals surface area contributed by atoms with E-state index in [9.17, 15) is 9.46 Å². The average Bonchev–Trinajstić information content (AvgIpc) is 2.96. The molecule has 3 aromatic carbocycles. The van der Waals surface area contributed by atoms with Crippen molar-refractivity contribution in [1.29, 1.82) is 0 Å². The van der Waals surface area contributed by atoms with E-state index in [1.807, 2.05) is 42.5 Å². The Morgan fingerprint density at radius 2 is 1.66 bits per heavy atom. The number of nitrogens with zero attached hydrogens (tertiary/aromatic N) is 3. The smallest absolute Gasteiger partial charge is 0.454 e. The second kappa shape index (κ2) is 8.60. The summed E-state index contributed by atoms with van der Waals surface area (Å²) in [6.45, 7) is 1.68. The first-order valence-electron chi connectivity index (χ1n) is 10.2. The lowest BCUT2D eigenvalue weighted by molar-refractivity contribution is 0.214. The molecule has 0 aromatic heterocycles. The number of halogens is 1. The molecule has 0 saturated carbocycles. The summed E-state index contributed by atoms with van der Waals surface area (Å²) in [6.07, 6.45) is 0. The number of hydrogen-bond donors (Lipinski definition) is 1. The Kier molecular flexibility index (Phi) is 5.66. The normalized spacial score (nSPS) is 17.8. The predicted molar refractivity (Wildman–Crippen MR) is 124 cm³/mol. The van der Waals surface area contributed by atoms with Gasteiger partial charge in [0.1, 0.15) is 23.0 Å². The highest BCUT2D eigenvalue weighted by atomic mass is 35.5. The van der Waals surface area contributed by atoms with Crippen LogP contribution in [-0.2, 0) is 4.57 Å². The number of para-hydroxylation sites is 3. The Balaban J connectivity index is 1.39. The van der Waals surface area contributed by atoms with Crippen molar-refractivity contribution in [2.24, 2.45) is 4.99 Å². The van der Waals surface area contributed by atoms with E-state index < -0.39 is 7.75 Å². The van der Waals surface area contributed by atoms with Crippen molar-refractivity contribution in [3.8, 4) is 17.2 Å². The molecule has 2 aliphatic rings. The summed E-state index contributed by atoms with van der Waals surface area (Å²) in [5.74, 6) is 2.43. The first kappa shape index (κ1) is 21.0. The van der Waals surface area contributed by atoms with Gasteiger partial charge in [-0.05, 0) is 42.5 Å². The highest BCUT2D eigenvalue weighted by Gasteiger charge is 2.35. The van der Waals surface area contributed by atoms with E-state index in [1.54, 1.807) is 30.3 Å². The van der Waals surface area contributed by atoms with Crippen molar-refractivity contribution in [1.82, 2.24) is 9.57 Å². The molecule has 0 aliphatic carbocycles. The first-order valence-corrected chi connectivity index (χ1v) is 12.1. The minimum Gasteiger partial charge on any atom is -0.454 e. The molecule has 1 saturated heterocycles. The maximum absolute atomic E-state index is 12.9. The van der Waals surface area contributed by atoms with Gasteiger partial charge in [0, 0.05) is 31.2 Å². The van der Waals surface area contributed by atoms with Crippen molar-refractivity contribution < 1.29 is 18.7 Å².